The monoisotopic (exact) mass is 209 g/mol. The Morgan fingerprint density at radius 3 is 2.57 bits per heavy atom. The topological polar surface area (TPSA) is 29.1 Å². The van der Waals surface area contributed by atoms with Gasteiger partial charge in [0.2, 0.25) is 0 Å². The van der Waals surface area contributed by atoms with Crippen LogP contribution >= 0.6 is 0 Å². The molecule has 5 heteroatoms. The van der Waals surface area contributed by atoms with Gasteiger partial charge in [0.25, 0.3) is 0 Å². The van der Waals surface area contributed by atoms with Crippen molar-refractivity contribution in [3.8, 4) is 0 Å². The maximum atomic E-state index is 11.8. The summed E-state index contributed by atoms with van der Waals surface area (Å²) in [7, 11) is 0. The molecule has 1 aliphatic rings. The maximum Gasteiger partial charge on any atom is 0.389 e. The molecule has 1 saturated heterocycles. The van der Waals surface area contributed by atoms with E-state index in [1.807, 2.05) is 6.92 Å². The van der Waals surface area contributed by atoms with E-state index in [0.717, 1.165) is 6.54 Å². The Labute approximate surface area is 80.9 Å². The number of nitrogens with one attached hydrogen (secondary N) is 1. The molecule has 0 aromatic heterocycles. The minimum atomic E-state index is -4.22. The Balaban J connectivity index is 2.35. The minimum absolute atomic E-state index is 0.0238. The summed E-state index contributed by atoms with van der Waals surface area (Å²) in [5, 5.41) is 3.05. The Bertz CT molecular complexity index is 215. The molecule has 2 unspecified atom stereocenters. The first kappa shape index (κ1) is 11.5. The smallest absolute Gasteiger partial charge is 0.314 e. The summed E-state index contributed by atoms with van der Waals surface area (Å²) in [6.45, 7) is 2.56. The average molecular weight is 209 g/mol. The van der Waals surface area contributed by atoms with Gasteiger partial charge in [-0.25, -0.2) is 0 Å². The maximum absolute atomic E-state index is 11.8. The molecular weight excluding hydrogens is 195 g/mol. The van der Waals surface area contributed by atoms with Crippen molar-refractivity contribution in [2.24, 2.45) is 5.92 Å². The largest absolute Gasteiger partial charge is 0.389 e. The standard InChI is InChI=1S/C9H14F3NO/c1-6-7(3-5-13-6)8(14)2-4-9(10,11)12/h6-7,13H,2-5H2,1H3. The van der Waals surface area contributed by atoms with Crippen LogP contribution in [0.3, 0.4) is 0 Å². The first-order valence-electron chi connectivity index (χ1n) is 4.73. The number of rotatable bonds is 3. The number of Topliss-reactive ketones (excluding diaryl/α,β-unsaturated/α-hetero) is 1. The summed E-state index contributed by atoms with van der Waals surface area (Å²) < 4.78 is 35.5. The number of carbonyl (C=O) groups excluding carboxylic acids is 1. The van der Waals surface area contributed by atoms with Crippen LogP contribution in [0.4, 0.5) is 13.2 Å². The molecular formula is C9H14F3NO. The second-order valence-corrected chi connectivity index (χ2v) is 3.72. The predicted molar refractivity (Wildman–Crippen MR) is 45.9 cm³/mol. The number of carbonyl (C=O) groups is 1. The van der Waals surface area contributed by atoms with Crippen molar-refractivity contribution in [1.29, 1.82) is 0 Å². The third-order valence-electron chi connectivity index (χ3n) is 2.59. The third-order valence-corrected chi connectivity index (χ3v) is 2.59. The van der Waals surface area contributed by atoms with Crippen LogP contribution in [0.15, 0.2) is 0 Å². The van der Waals surface area contributed by atoms with Crippen LogP contribution < -0.4 is 5.32 Å². The van der Waals surface area contributed by atoms with Crippen LogP contribution in [-0.4, -0.2) is 24.5 Å². The Morgan fingerprint density at radius 2 is 2.14 bits per heavy atom. The van der Waals surface area contributed by atoms with Crippen molar-refractivity contribution in [1.82, 2.24) is 5.32 Å². The average Bonchev–Trinajstić information content (AvgIpc) is 2.46. The summed E-state index contributed by atoms with van der Waals surface area (Å²) in [5.74, 6) is -0.489. The second kappa shape index (κ2) is 4.29. The Hall–Kier alpha value is -0.580. The molecule has 1 N–H and O–H groups in total. The van der Waals surface area contributed by atoms with Crippen LogP contribution in [-0.2, 0) is 4.79 Å². The number of alkyl halides is 3. The summed E-state index contributed by atoms with van der Waals surface area (Å²) in [5.41, 5.74) is 0. The van der Waals surface area contributed by atoms with Crippen LogP contribution in [0, 0.1) is 5.92 Å². The van der Waals surface area contributed by atoms with Gasteiger partial charge in [-0.3, -0.25) is 4.79 Å². The van der Waals surface area contributed by atoms with Gasteiger partial charge in [-0.05, 0) is 19.9 Å². The summed E-state index contributed by atoms with van der Waals surface area (Å²) in [6.07, 6.45) is -4.92. The Kier molecular flexibility index (Phi) is 3.53. The van der Waals surface area contributed by atoms with Gasteiger partial charge in [0, 0.05) is 18.4 Å². The summed E-state index contributed by atoms with van der Waals surface area (Å²) in [4.78, 5) is 11.4. The van der Waals surface area contributed by atoms with E-state index in [1.54, 1.807) is 0 Å². The molecule has 0 spiro atoms. The summed E-state index contributed by atoms with van der Waals surface area (Å²) >= 11 is 0. The molecule has 1 rings (SSSR count). The molecule has 0 radical (unpaired) electrons. The van der Waals surface area contributed by atoms with Crippen molar-refractivity contribution >= 4 is 5.78 Å². The van der Waals surface area contributed by atoms with Crippen molar-refractivity contribution in [2.75, 3.05) is 6.54 Å². The van der Waals surface area contributed by atoms with Crippen molar-refractivity contribution < 1.29 is 18.0 Å². The van der Waals surface area contributed by atoms with Crippen LogP contribution in [0.25, 0.3) is 0 Å². The van der Waals surface area contributed by atoms with E-state index < -0.39 is 12.6 Å². The Morgan fingerprint density at radius 1 is 1.50 bits per heavy atom. The molecule has 0 aromatic carbocycles. The molecule has 0 bridgehead atoms. The quantitative estimate of drug-likeness (QED) is 0.769. The van der Waals surface area contributed by atoms with Gasteiger partial charge in [0.15, 0.2) is 0 Å². The van der Waals surface area contributed by atoms with Crippen molar-refractivity contribution in [3.05, 3.63) is 0 Å². The van der Waals surface area contributed by atoms with Crippen LogP contribution in [0.1, 0.15) is 26.2 Å². The molecule has 1 fully saturated rings. The zero-order chi connectivity index (χ0) is 10.8. The number of ketones is 1. The molecule has 0 aliphatic carbocycles. The molecule has 2 nitrogen and oxygen atoms in total. The highest BCUT2D eigenvalue weighted by atomic mass is 19.4. The normalized spacial score (nSPS) is 28.0. The first-order chi connectivity index (χ1) is 6.40. The molecule has 14 heavy (non-hydrogen) atoms. The highest BCUT2D eigenvalue weighted by Crippen LogP contribution is 2.25. The second-order valence-electron chi connectivity index (χ2n) is 3.72. The molecule has 1 aliphatic heterocycles. The van der Waals surface area contributed by atoms with Crippen molar-refractivity contribution in [3.63, 3.8) is 0 Å². The lowest BCUT2D eigenvalue weighted by Crippen LogP contribution is -2.28. The number of hydrogen-bond acceptors (Lipinski definition) is 2. The molecule has 0 amide bonds. The fourth-order valence-corrected chi connectivity index (χ4v) is 1.75. The number of hydrogen-bond donors (Lipinski definition) is 1. The van der Waals surface area contributed by atoms with Gasteiger partial charge in [-0.1, -0.05) is 0 Å². The fraction of sp³-hybridized carbons (Fsp3) is 0.889. The fourth-order valence-electron chi connectivity index (χ4n) is 1.75. The van der Waals surface area contributed by atoms with Crippen molar-refractivity contribution in [2.45, 2.75) is 38.4 Å². The van der Waals surface area contributed by atoms with Gasteiger partial charge in [0.05, 0.1) is 6.42 Å². The molecule has 0 saturated carbocycles. The molecule has 1 heterocycles. The third kappa shape index (κ3) is 3.29. The van der Waals surface area contributed by atoms with Gasteiger partial charge in [-0.2, -0.15) is 13.2 Å². The van der Waals surface area contributed by atoms with Gasteiger partial charge in [-0.15, -0.1) is 0 Å². The number of halogens is 3. The SMILES string of the molecule is CC1NCCC1C(=O)CCC(F)(F)F. The van der Waals surface area contributed by atoms with E-state index in [2.05, 4.69) is 5.32 Å². The van der Waals surface area contributed by atoms with E-state index in [-0.39, 0.29) is 24.2 Å². The predicted octanol–water partition coefficient (Wildman–Crippen LogP) is 1.90. The van der Waals surface area contributed by atoms with E-state index in [4.69, 9.17) is 0 Å². The van der Waals surface area contributed by atoms with Crippen LogP contribution in [0.2, 0.25) is 0 Å². The van der Waals surface area contributed by atoms with Gasteiger partial charge >= 0.3 is 6.18 Å². The van der Waals surface area contributed by atoms with E-state index in [1.165, 1.54) is 0 Å². The highest BCUT2D eigenvalue weighted by Gasteiger charge is 2.33. The van der Waals surface area contributed by atoms with Gasteiger partial charge in [0.1, 0.15) is 5.78 Å². The summed E-state index contributed by atoms with van der Waals surface area (Å²) in [6, 6.07) is 0.0238. The van der Waals surface area contributed by atoms with Crippen LogP contribution in [0.5, 0.6) is 0 Å². The molecule has 2 atom stereocenters. The lowest BCUT2D eigenvalue weighted by atomic mass is 9.94. The highest BCUT2D eigenvalue weighted by molar-refractivity contribution is 5.82. The first-order valence-corrected chi connectivity index (χ1v) is 4.73. The zero-order valence-electron chi connectivity index (χ0n) is 8.03. The van der Waals surface area contributed by atoms with E-state index in [9.17, 15) is 18.0 Å². The molecule has 0 aromatic rings. The minimum Gasteiger partial charge on any atom is -0.314 e. The van der Waals surface area contributed by atoms with E-state index in [0.29, 0.717) is 6.42 Å². The van der Waals surface area contributed by atoms with E-state index >= 15 is 0 Å². The lowest BCUT2D eigenvalue weighted by Gasteiger charge is -2.14. The lowest BCUT2D eigenvalue weighted by molar-refractivity contribution is -0.144. The zero-order valence-corrected chi connectivity index (χ0v) is 8.03. The van der Waals surface area contributed by atoms with Gasteiger partial charge < -0.3 is 5.32 Å². The molecule has 82 valence electrons.